The van der Waals surface area contributed by atoms with Crippen LogP contribution in [0.1, 0.15) is 44.2 Å². The summed E-state index contributed by atoms with van der Waals surface area (Å²) in [4.78, 5) is 43.3. The van der Waals surface area contributed by atoms with Gasteiger partial charge in [0.25, 0.3) is 0 Å². The van der Waals surface area contributed by atoms with Gasteiger partial charge in [0, 0.05) is 29.6 Å². The molecule has 1 fully saturated rings. The Bertz CT molecular complexity index is 1200. The summed E-state index contributed by atoms with van der Waals surface area (Å²) in [7, 11) is 0. The normalized spacial score (nSPS) is 18.4. The maximum absolute atomic E-state index is 13.5. The fourth-order valence-electron chi connectivity index (χ4n) is 4.42. The van der Waals surface area contributed by atoms with Gasteiger partial charge in [0.05, 0.1) is 0 Å². The van der Waals surface area contributed by atoms with Crippen LogP contribution in [0, 0.1) is 0 Å². The molecule has 0 radical (unpaired) electrons. The van der Waals surface area contributed by atoms with Gasteiger partial charge in [-0.1, -0.05) is 48.5 Å². The van der Waals surface area contributed by atoms with E-state index in [1.807, 2.05) is 60.8 Å². The molecule has 0 bridgehead atoms. The summed E-state index contributed by atoms with van der Waals surface area (Å²) in [5, 5.41) is 3.77. The van der Waals surface area contributed by atoms with Gasteiger partial charge in [-0.3, -0.25) is 9.59 Å². The molecule has 1 aromatic heterocycles. The molecule has 2 heterocycles. The number of benzene rings is 2. The zero-order valence-electron chi connectivity index (χ0n) is 20.2. The molecule has 1 saturated heterocycles. The van der Waals surface area contributed by atoms with Gasteiger partial charge in [0.2, 0.25) is 5.91 Å². The predicted octanol–water partition coefficient (Wildman–Crippen LogP) is 4.12. The van der Waals surface area contributed by atoms with Gasteiger partial charge in [-0.05, 0) is 44.4 Å². The summed E-state index contributed by atoms with van der Waals surface area (Å²) >= 11 is 0. The fraction of sp³-hybridized carbons (Fsp3) is 0.370. The van der Waals surface area contributed by atoms with E-state index in [1.54, 1.807) is 20.8 Å². The molecule has 0 saturated carbocycles. The third kappa shape index (κ3) is 6.01. The molecular formula is C27H31N3O5. The van der Waals surface area contributed by atoms with Crippen molar-refractivity contribution in [3.05, 3.63) is 71.9 Å². The molecule has 8 nitrogen and oxygen atoms in total. The molecule has 8 heteroatoms. The second-order valence-electron chi connectivity index (χ2n) is 9.71. The summed E-state index contributed by atoms with van der Waals surface area (Å²) in [6.45, 7) is 5.63. The van der Waals surface area contributed by atoms with Crippen LogP contribution in [0.2, 0.25) is 0 Å². The number of hydrogen-bond donors (Lipinski definition) is 2. The number of fused-ring (bicyclic) bond motifs is 1. The highest BCUT2D eigenvalue weighted by molar-refractivity contribution is 5.92. The topological polar surface area (TPSA) is 101 Å². The number of likely N-dealkylation sites (tertiary alicyclic amines) is 1. The number of alkyl carbamates (subject to hydrolysis) is 1. The van der Waals surface area contributed by atoms with Gasteiger partial charge in [0.1, 0.15) is 24.8 Å². The summed E-state index contributed by atoms with van der Waals surface area (Å²) in [6.07, 6.45) is 1.77. The lowest BCUT2D eigenvalue weighted by Gasteiger charge is -2.37. The Labute approximate surface area is 204 Å². The van der Waals surface area contributed by atoms with Crippen molar-refractivity contribution in [1.82, 2.24) is 15.2 Å². The first kappa shape index (κ1) is 24.3. The maximum Gasteiger partial charge on any atom is 0.408 e. The number of piperidine rings is 1. The molecular weight excluding hydrogens is 446 g/mol. The van der Waals surface area contributed by atoms with Crippen LogP contribution in [0.25, 0.3) is 10.9 Å². The summed E-state index contributed by atoms with van der Waals surface area (Å²) < 4.78 is 10.8. The lowest BCUT2D eigenvalue weighted by atomic mass is 9.84. The van der Waals surface area contributed by atoms with E-state index in [4.69, 9.17) is 9.47 Å². The Hall–Kier alpha value is -3.81. The zero-order valence-corrected chi connectivity index (χ0v) is 20.2. The van der Waals surface area contributed by atoms with Crippen LogP contribution >= 0.6 is 0 Å². The first-order valence-corrected chi connectivity index (χ1v) is 11.7. The van der Waals surface area contributed by atoms with Crippen LogP contribution in [0.3, 0.4) is 0 Å². The maximum atomic E-state index is 13.5. The zero-order chi connectivity index (χ0) is 25.0. The molecule has 2 atom stereocenters. The molecule has 3 aromatic rings. The van der Waals surface area contributed by atoms with E-state index in [-0.39, 0.29) is 25.0 Å². The molecule has 1 aliphatic rings. The van der Waals surface area contributed by atoms with Crippen molar-refractivity contribution >= 4 is 28.9 Å². The van der Waals surface area contributed by atoms with Crippen molar-refractivity contribution in [2.75, 3.05) is 13.1 Å². The second kappa shape index (κ2) is 10.2. The number of nitrogens with one attached hydrogen (secondary N) is 2. The van der Waals surface area contributed by atoms with E-state index in [0.29, 0.717) is 13.0 Å². The number of carbonyl (C=O) groups excluding carboxylic acids is 3. The van der Waals surface area contributed by atoms with Crippen molar-refractivity contribution in [3.63, 3.8) is 0 Å². The van der Waals surface area contributed by atoms with Gasteiger partial charge in [-0.2, -0.15) is 0 Å². The van der Waals surface area contributed by atoms with E-state index < -0.39 is 23.7 Å². The number of hydrogen-bond acceptors (Lipinski definition) is 5. The number of H-pyrrole nitrogens is 1. The molecule has 0 unspecified atom stereocenters. The van der Waals surface area contributed by atoms with Crippen molar-refractivity contribution in [3.8, 4) is 0 Å². The van der Waals surface area contributed by atoms with Crippen molar-refractivity contribution in [2.45, 2.75) is 51.4 Å². The molecule has 2 N–H and O–H groups in total. The first-order chi connectivity index (χ1) is 16.7. The highest BCUT2D eigenvalue weighted by Crippen LogP contribution is 2.34. The Morgan fingerprint density at radius 2 is 1.80 bits per heavy atom. The molecule has 2 aromatic carbocycles. The van der Waals surface area contributed by atoms with Crippen LogP contribution < -0.4 is 5.32 Å². The SMILES string of the molecule is CC(C)(C)OC(=O)CN1CC[C@@H](c2c[nH]c3ccccc23)[C@H](NC(=O)OCc2ccccc2)C1=O. The Morgan fingerprint density at radius 3 is 2.54 bits per heavy atom. The number of carbonyl (C=O) groups is 3. The highest BCUT2D eigenvalue weighted by atomic mass is 16.6. The van der Waals surface area contributed by atoms with Crippen LogP contribution in [0.4, 0.5) is 4.79 Å². The van der Waals surface area contributed by atoms with Gasteiger partial charge >= 0.3 is 12.1 Å². The van der Waals surface area contributed by atoms with Gasteiger partial charge in [0.15, 0.2) is 0 Å². The fourth-order valence-corrected chi connectivity index (χ4v) is 4.42. The van der Waals surface area contributed by atoms with E-state index in [2.05, 4.69) is 10.3 Å². The predicted molar refractivity (Wildman–Crippen MR) is 132 cm³/mol. The van der Waals surface area contributed by atoms with Crippen LogP contribution in [0.5, 0.6) is 0 Å². The minimum absolute atomic E-state index is 0.0902. The summed E-state index contributed by atoms with van der Waals surface area (Å²) in [6, 6.07) is 16.3. The monoisotopic (exact) mass is 477 g/mol. The third-order valence-corrected chi connectivity index (χ3v) is 5.94. The molecule has 0 spiro atoms. The molecule has 2 amide bonds. The lowest BCUT2D eigenvalue weighted by Crippen LogP contribution is -2.57. The lowest BCUT2D eigenvalue weighted by molar-refractivity contribution is -0.160. The minimum atomic E-state index is -0.881. The average molecular weight is 478 g/mol. The summed E-state index contributed by atoms with van der Waals surface area (Å²) in [5.41, 5.74) is 2.09. The standard InChI is InChI=1S/C27H31N3O5/c1-27(2,3)35-23(31)16-30-14-13-20(21-15-28-22-12-8-7-11-19(21)22)24(25(30)32)29-26(33)34-17-18-9-5-4-6-10-18/h4-12,15,20,24,28H,13-14,16-17H2,1-3H3,(H,29,33)/t20-,24-/m0/s1. The molecule has 0 aliphatic carbocycles. The number of aromatic amines is 1. The average Bonchev–Trinajstić information content (AvgIpc) is 3.24. The number of para-hydroxylation sites is 1. The van der Waals surface area contributed by atoms with E-state index in [1.165, 1.54) is 4.90 Å². The molecule has 184 valence electrons. The molecule has 35 heavy (non-hydrogen) atoms. The van der Waals surface area contributed by atoms with Gasteiger partial charge in [-0.15, -0.1) is 0 Å². The minimum Gasteiger partial charge on any atom is -0.459 e. The Balaban J connectivity index is 1.53. The second-order valence-corrected chi connectivity index (χ2v) is 9.71. The number of rotatable bonds is 6. The van der Waals surface area contributed by atoms with Gasteiger partial charge < -0.3 is 24.7 Å². The number of amides is 2. The smallest absolute Gasteiger partial charge is 0.408 e. The first-order valence-electron chi connectivity index (χ1n) is 11.7. The van der Waals surface area contributed by atoms with Crippen molar-refractivity contribution < 1.29 is 23.9 Å². The van der Waals surface area contributed by atoms with E-state index in [0.717, 1.165) is 22.0 Å². The number of esters is 1. The van der Waals surface area contributed by atoms with Crippen molar-refractivity contribution in [1.29, 1.82) is 0 Å². The van der Waals surface area contributed by atoms with Crippen molar-refractivity contribution in [2.24, 2.45) is 0 Å². The van der Waals surface area contributed by atoms with Crippen LogP contribution in [-0.4, -0.2) is 52.6 Å². The van der Waals surface area contributed by atoms with Gasteiger partial charge in [-0.25, -0.2) is 4.79 Å². The largest absolute Gasteiger partial charge is 0.459 e. The summed E-state index contributed by atoms with van der Waals surface area (Å²) in [5.74, 6) is -1.10. The van der Waals surface area contributed by atoms with Crippen LogP contribution in [-0.2, 0) is 25.7 Å². The highest BCUT2D eigenvalue weighted by Gasteiger charge is 2.40. The number of nitrogens with zero attached hydrogens (tertiary/aromatic N) is 1. The quantitative estimate of drug-likeness (QED) is 0.520. The number of ether oxygens (including phenoxy) is 2. The number of aromatic nitrogens is 1. The van der Waals surface area contributed by atoms with Crippen LogP contribution in [0.15, 0.2) is 60.8 Å². The third-order valence-electron chi connectivity index (χ3n) is 5.94. The Morgan fingerprint density at radius 1 is 1.09 bits per heavy atom. The Kier molecular flexibility index (Phi) is 7.10. The molecule has 4 rings (SSSR count). The molecule has 1 aliphatic heterocycles. The van der Waals surface area contributed by atoms with E-state index >= 15 is 0 Å². The van der Waals surface area contributed by atoms with E-state index in [9.17, 15) is 14.4 Å².